The van der Waals surface area contributed by atoms with Gasteiger partial charge < -0.3 is 0 Å². The molecule has 0 nitrogen and oxygen atoms in total. The van der Waals surface area contributed by atoms with Gasteiger partial charge in [0.2, 0.25) is 0 Å². The van der Waals surface area contributed by atoms with E-state index in [4.69, 9.17) is 0 Å². The molecule has 6 aliphatic rings. The minimum atomic E-state index is -1.40. The van der Waals surface area contributed by atoms with Gasteiger partial charge in [-0.3, -0.25) is 0 Å². The molecule has 5 saturated carbocycles. The molecule has 0 aromatic rings. The molecule has 0 amide bonds. The van der Waals surface area contributed by atoms with E-state index in [0.717, 1.165) is 80.8 Å². The Kier molecular flexibility index (Phi) is 7.59. The Morgan fingerprint density at radius 1 is 0.649 bits per heavy atom. The average molecular weight is 543 g/mol. The molecule has 1 aliphatic heterocycles. The van der Waals surface area contributed by atoms with E-state index in [9.17, 15) is 0 Å². The molecule has 0 aromatic heterocycles. The van der Waals surface area contributed by atoms with Crippen molar-refractivity contribution in [1.29, 1.82) is 0 Å². The Bertz CT molecular complexity index is 805. The summed E-state index contributed by atoms with van der Waals surface area (Å²) in [5, 5.41) is 2.06. The molecule has 0 aromatic carbocycles. The fourth-order valence-electron chi connectivity index (χ4n) is 13.0. The number of hydrogen-bond acceptors (Lipinski definition) is 1. The Hall–Kier alpha value is 0.567. The SMILES string of the molecule is CC1CC2C(C3CCC(C(C)(C)C)CC3)CCCC2C1[Si](C)(C)C1C(C)C(C)C2C3CCCCC3SC21. The summed E-state index contributed by atoms with van der Waals surface area (Å²) >= 11 is 2.56. The summed E-state index contributed by atoms with van der Waals surface area (Å²) in [6, 6.07) is 0. The molecular weight excluding hydrogens is 481 g/mol. The van der Waals surface area contributed by atoms with Crippen molar-refractivity contribution in [2.75, 3.05) is 0 Å². The van der Waals surface area contributed by atoms with Gasteiger partial charge in [-0.1, -0.05) is 80.3 Å². The highest BCUT2D eigenvalue weighted by Gasteiger charge is 2.64. The van der Waals surface area contributed by atoms with E-state index >= 15 is 0 Å². The highest BCUT2D eigenvalue weighted by molar-refractivity contribution is 8.01. The molecule has 0 N–H and O–H groups in total. The number of hydrogen-bond donors (Lipinski definition) is 0. The smallest absolute Gasteiger partial charge is 0.0555 e. The van der Waals surface area contributed by atoms with Gasteiger partial charge >= 0.3 is 0 Å². The largest absolute Gasteiger partial charge is 0.155 e. The second-order valence-electron chi connectivity index (χ2n) is 17.4. The zero-order chi connectivity index (χ0) is 26.3. The van der Waals surface area contributed by atoms with Crippen LogP contribution in [-0.2, 0) is 0 Å². The van der Waals surface area contributed by atoms with Crippen LogP contribution in [0.4, 0.5) is 0 Å². The van der Waals surface area contributed by atoms with Gasteiger partial charge in [0.1, 0.15) is 0 Å². The Morgan fingerprint density at radius 2 is 1.30 bits per heavy atom. The summed E-state index contributed by atoms with van der Waals surface area (Å²) in [7, 11) is -1.40. The summed E-state index contributed by atoms with van der Waals surface area (Å²) in [4.78, 5) is 0. The predicted molar refractivity (Wildman–Crippen MR) is 167 cm³/mol. The predicted octanol–water partition coefficient (Wildman–Crippen LogP) is 10.9. The van der Waals surface area contributed by atoms with Crippen LogP contribution in [0.2, 0.25) is 24.2 Å². The van der Waals surface area contributed by atoms with Gasteiger partial charge in [0.25, 0.3) is 0 Å². The third-order valence-corrected chi connectivity index (χ3v) is 21.9. The zero-order valence-electron chi connectivity index (χ0n) is 26.0. The van der Waals surface area contributed by atoms with Crippen LogP contribution in [0.5, 0.6) is 0 Å². The van der Waals surface area contributed by atoms with Crippen LogP contribution in [0.3, 0.4) is 0 Å². The molecule has 0 spiro atoms. The summed E-state index contributed by atoms with van der Waals surface area (Å²) < 4.78 is 0. The molecular formula is C35H62SSi. The van der Waals surface area contributed by atoms with Gasteiger partial charge in [-0.15, -0.1) is 0 Å². The summed E-state index contributed by atoms with van der Waals surface area (Å²) in [5.74, 6) is 10.4. The van der Waals surface area contributed by atoms with Crippen LogP contribution >= 0.6 is 11.8 Å². The molecule has 0 radical (unpaired) electrons. The first kappa shape index (κ1) is 27.7. The van der Waals surface area contributed by atoms with Crippen molar-refractivity contribution in [3.05, 3.63) is 0 Å². The van der Waals surface area contributed by atoms with Crippen LogP contribution in [0.15, 0.2) is 0 Å². The molecule has 1 heterocycles. The molecule has 212 valence electrons. The first-order chi connectivity index (χ1) is 17.5. The molecule has 0 bridgehead atoms. The third-order valence-electron chi connectivity index (χ3n) is 14.5. The number of thioether (sulfide) groups is 1. The minimum absolute atomic E-state index is 0.519. The van der Waals surface area contributed by atoms with E-state index in [1.165, 1.54) is 25.7 Å². The molecule has 5 aliphatic carbocycles. The van der Waals surface area contributed by atoms with E-state index in [-0.39, 0.29) is 0 Å². The second-order valence-corrected chi connectivity index (χ2v) is 23.8. The number of rotatable bonds is 3. The highest BCUT2D eigenvalue weighted by atomic mass is 32.2. The topological polar surface area (TPSA) is 0 Å². The van der Waals surface area contributed by atoms with Gasteiger partial charge in [-0.25, -0.2) is 0 Å². The monoisotopic (exact) mass is 542 g/mol. The lowest BCUT2D eigenvalue weighted by Crippen LogP contribution is -2.47. The normalized spacial score (nSPS) is 52.5. The second kappa shape index (κ2) is 10.1. The molecule has 12 unspecified atom stereocenters. The maximum atomic E-state index is 2.94. The third kappa shape index (κ3) is 4.59. The van der Waals surface area contributed by atoms with Crippen molar-refractivity contribution >= 4 is 19.8 Å². The Balaban J connectivity index is 1.21. The fourth-order valence-corrected chi connectivity index (χ4v) is 22.9. The summed E-state index contributed by atoms with van der Waals surface area (Å²) in [6.07, 6.45) is 18.6. The maximum absolute atomic E-state index is 2.94. The Labute approximate surface area is 237 Å². The van der Waals surface area contributed by atoms with E-state index in [1.807, 2.05) is 0 Å². The zero-order valence-corrected chi connectivity index (χ0v) is 27.8. The molecule has 37 heavy (non-hydrogen) atoms. The highest BCUT2D eigenvalue weighted by Crippen LogP contribution is 2.70. The lowest BCUT2D eigenvalue weighted by Gasteiger charge is -2.49. The van der Waals surface area contributed by atoms with Crippen molar-refractivity contribution in [2.24, 2.45) is 64.6 Å². The van der Waals surface area contributed by atoms with Crippen LogP contribution in [-0.4, -0.2) is 18.6 Å². The van der Waals surface area contributed by atoms with Crippen molar-refractivity contribution in [3.63, 3.8) is 0 Å². The minimum Gasteiger partial charge on any atom is -0.155 e. The maximum Gasteiger partial charge on any atom is 0.0555 e. The van der Waals surface area contributed by atoms with Gasteiger partial charge in [0.15, 0.2) is 0 Å². The lowest BCUT2D eigenvalue weighted by atomic mass is 9.61. The van der Waals surface area contributed by atoms with Gasteiger partial charge in [-0.2, -0.15) is 11.8 Å². The molecule has 2 heteroatoms. The molecule has 6 fully saturated rings. The van der Waals surface area contributed by atoms with Crippen molar-refractivity contribution < 1.29 is 0 Å². The van der Waals surface area contributed by atoms with Crippen molar-refractivity contribution in [2.45, 2.75) is 153 Å². The quantitative estimate of drug-likeness (QED) is 0.319. The van der Waals surface area contributed by atoms with E-state index in [0.29, 0.717) is 5.41 Å². The Morgan fingerprint density at radius 3 is 2.00 bits per heavy atom. The van der Waals surface area contributed by atoms with Crippen LogP contribution < -0.4 is 0 Å². The van der Waals surface area contributed by atoms with Crippen molar-refractivity contribution in [3.8, 4) is 0 Å². The van der Waals surface area contributed by atoms with Crippen LogP contribution in [0.1, 0.15) is 119 Å². The van der Waals surface area contributed by atoms with Crippen LogP contribution in [0, 0.1) is 64.6 Å². The van der Waals surface area contributed by atoms with E-state index in [2.05, 4.69) is 66.4 Å². The fraction of sp³-hybridized carbons (Fsp3) is 1.00. The first-order valence-corrected chi connectivity index (χ1v) is 21.2. The van der Waals surface area contributed by atoms with Gasteiger partial charge in [0.05, 0.1) is 8.07 Å². The average Bonchev–Trinajstić information content (AvgIpc) is 3.47. The van der Waals surface area contributed by atoms with Gasteiger partial charge in [-0.05, 0) is 127 Å². The molecule has 6 rings (SSSR count). The summed E-state index contributed by atoms with van der Waals surface area (Å²) in [5.41, 5.74) is 2.70. The van der Waals surface area contributed by atoms with E-state index in [1.54, 1.807) is 51.4 Å². The number of fused-ring (bicyclic) bond motifs is 4. The van der Waals surface area contributed by atoms with Gasteiger partial charge in [0, 0.05) is 10.5 Å². The van der Waals surface area contributed by atoms with Crippen molar-refractivity contribution in [1.82, 2.24) is 0 Å². The lowest BCUT2D eigenvalue weighted by molar-refractivity contribution is 0.0638. The van der Waals surface area contributed by atoms with Crippen LogP contribution in [0.25, 0.3) is 0 Å². The molecule has 1 saturated heterocycles. The molecule has 12 atom stereocenters. The summed E-state index contributed by atoms with van der Waals surface area (Å²) in [6.45, 7) is 21.5. The standard InChI is InChI=1S/C35H62SSi/c1-21-20-29-26(24-16-18-25(19-17-24)35(4,5)6)13-11-14-27(29)33(21)37(7,8)34-23(3)22(2)31-28-12-9-10-15-30(28)36-32(31)34/h21-34H,9-20H2,1-8H3. The van der Waals surface area contributed by atoms with E-state index < -0.39 is 8.07 Å². The first-order valence-electron chi connectivity index (χ1n) is 17.2.